The third-order valence-corrected chi connectivity index (χ3v) is 1.41. The van der Waals surface area contributed by atoms with Crippen LogP contribution in [0.1, 0.15) is 6.42 Å². The van der Waals surface area contributed by atoms with Crippen molar-refractivity contribution >= 4 is 5.95 Å². The highest BCUT2D eigenvalue weighted by molar-refractivity contribution is 5.06. The van der Waals surface area contributed by atoms with Gasteiger partial charge in [-0.1, -0.05) is 4.98 Å². The molecule has 0 unspecified atom stereocenters. The zero-order valence-corrected chi connectivity index (χ0v) is 6.38. The largest absolute Gasteiger partial charge is 0.434 e. The SMILES string of the molecule is O=[N+]([O-])c1nccn1CCCO. The number of aromatic nitrogens is 2. The quantitative estimate of drug-likeness (QED) is 0.517. The fourth-order valence-electron chi connectivity index (χ4n) is 0.889. The van der Waals surface area contributed by atoms with E-state index in [0.717, 1.165) is 0 Å². The van der Waals surface area contributed by atoms with E-state index >= 15 is 0 Å². The molecule has 0 spiro atoms. The van der Waals surface area contributed by atoms with Crippen molar-refractivity contribution in [3.63, 3.8) is 0 Å². The Morgan fingerprint density at radius 1 is 1.75 bits per heavy atom. The molecule has 12 heavy (non-hydrogen) atoms. The van der Waals surface area contributed by atoms with Crippen LogP contribution in [0.3, 0.4) is 0 Å². The van der Waals surface area contributed by atoms with Crippen molar-refractivity contribution in [2.24, 2.45) is 0 Å². The summed E-state index contributed by atoms with van der Waals surface area (Å²) < 4.78 is 1.40. The van der Waals surface area contributed by atoms with Crippen LogP contribution >= 0.6 is 0 Å². The van der Waals surface area contributed by atoms with Gasteiger partial charge < -0.3 is 15.2 Å². The Labute approximate surface area is 68.6 Å². The highest BCUT2D eigenvalue weighted by Gasteiger charge is 2.12. The maximum Gasteiger partial charge on any atom is 0.434 e. The number of hydrogen-bond acceptors (Lipinski definition) is 4. The van der Waals surface area contributed by atoms with Crippen LogP contribution in [0.25, 0.3) is 0 Å². The van der Waals surface area contributed by atoms with E-state index in [-0.39, 0.29) is 12.6 Å². The minimum Gasteiger partial charge on any atom is -0.396 e. The van der Waals surface area contributed by atoms with Crippen molar-refractivity contribution in [3.05, 3.63) is 22.5 Å². The third-order valence-electron chi connectivity index (χ3n) is 1.41. The molecule has 6 heteroatoms. The van der Waals surface area contributed by atoms with Crippen molar-refractivity contribution in [2.75, 3.05) is 6.61 Å². The lowest BCUT2D eigenvalue weighted by atomic mass is 10.4. The Morgan fingerprint density at radius 3 is 3.08 bits per heavy atom. The van der Waals surface area contributed by atoms with Crippen LogP contribution < -0.4 is 0 Å². The Balaban J connectivity index is 2.70. The van der Waals surface area contributed by atoms with Crippen LogP contribution in [-0.4, -0.2) is 26.2 Å². The Bertz CT molecular complexity index is 271. The minimum absolute atomic E-state index is 0.0231. The van der Waals surface area contributed by atoms with Crippen molar-refractivity contribution in [2.45, 2.75) is 13.0 Å². The van der Waals surface area contributed by atoms with Crippen LogP contribution in [0.5, 0.6) is 0 Å². The summed E-state index contributed by atoms with van der Waals surface area (Å²) in [5.74, 6) is -0.177. The number of nitro groups is 1. The number of nitrogens with zero attached hydrogens (tertiary/aromatic N) is 3. The Kier molecular flexibility index (Phi) is 2.76. The number of imidazole rings is 1. The summed E-state index contributed by atoms with van der Waals surface area (Å²) >= 11 is 0. The van der Waals surface area contributed by atoms with Gasteiger partial charge in [0, 0.05) is 13.0 Å². The van der Waals surface area contributed by atoms with E-state index in [1.165, 1.54) is 17.0 Å². The van der Waals surface area contributed by atoms with Crippen molar-refractivity contribution in [3.8, 4) is 0 Å². The topological polar surface area (TPSA) is 81.2 Å². The molecule has 0 amide bonds. The summed E-state index contributed by atoms with van der Waals surface area (Å²) in [5.41, 5.74) is 0. The van der Waals surface area contributed by atoms with E-state index in [0.29, 0.717) is 13.0 Å². The Hall–Kier alpha value is -1.43. The van der Waals surface area contributed by atoms with Gasteiger partial charge in [0.1, 0.15) is 12.4 Å². The number of aryl methyl sites for hydroxylation is 1. The average molecular weight is 171 g/mol. The molecule has 1 rings (SSSR count). The first-order chi connectivity index (χ1) is 5.75. The van der Waals surface area contributed by atoms with Gasteiger partial charge in [-0.3, -0.25) is 0 Å². The van der Waals surface area contributed by atoms with Crippen LogP contribution in [0.15, 0.2) is 12.4 Å². The van der Waals surface area contributed by atoms with Crippen molar-refractivity contribution < 1.29 is 10.0 Å². The van der Waals surface area contributed by atoms with E-state index in [1.807, 2.05) is 0 Å². The first kappa shape index (κ1) is 8.66. The summed E-state index contributed by atoms with van der Waals surface area (Å²) in [6.07, 6.45) is 3.39. The molecule has 0 bridgehead atoms. The first-order valence-electron chi connectivity index (χ1n) is 3.52. The van der Waals surface area contributed by atoms with Gasteiger partial charge in [0.25, 0.3) is 0 Å². The van der Waals surface area contributed by atoms with Gasteiger partial charge in [0.05, 0.1) is 6.54 Å². The van der Waals surface area contributed by atoms with E-state index in [1.54, 1.807) is 0 Å². The molecule has 1 heterocycles. The van der Waals surface area contributed by atoms with Gasteiger partial charge in [-0.25, -0.2) is 4.57 Å². The second-order valence-electron chi connectivity index (χ2n) is 2.25. The number of aliphatic hydroxyl groups excluding tert-OH is 1. The molecule has 0 aliphatic rings. The van der Waals surface area contributed by atoms with Crippen molar-refractivity contribution in [1.82, 2.24) is 9.55 Å². The molecule has 0 fully saturated rings. The highest BCUT2D eigenvalue weighted by Crippen LogP contribution is 2.07. The molecule has 1 N–H and O–H groups in total. The monoisotopic (exact) mass is 171 g/mol. The summed E-state index contributed by atoms with van der Waals surface area (Å²) in [7, 11) is 0. The maximum atomic E-state index is 10.3. The molecule has 1 aromatic rings. The second-order valence-corrected chi connectivity index (χ2v) is 2.25. The van der Waals surface area contributed by atoms with Gasteiger partial charge in [-0.2, -0.15) is 0 Å². The van der Waals surface area contributed by atoms with E-state index < -0.39 is 4.92 Å². The van der Waals surface area contributed by atoms with E-state index in [4.69, 9.17) is 5.11 Å². The van der Waals surface area contributed by atoms with Crippen LogP contribution in [0.4, 0.5) is 5.95 Å². The number of aliphatic hydroxyl groups is 1. The summed E-state index contributed by atoms with van der Waals surface area (Å²) in [6.45, 7) is 0.447. The molecular weight excluding hydrogens is 162 g/mol. The van der Waals surface area contributed by atoms with Gasteiger partial charge in [0.15, 0.2) is 0 Å². The minimum atomic E-state index is -0.544. The summed E-state index contributed by atoms with van der Waals surface area (Å²) in [5, 5.41) is 18.8. The van der Waals surface area contributed by atoms with Crippen molar-refractivity contribution in [1.29, 1.82) is 0 Å². The van der Waals surface area contributed by atoms with Gasteiger partial charge >= 0.3 is 5.95 Å². The molecule has 0 aliphatic heterocycles. The predicted octanol–water partition coefficient (Wildman–Crippen LogP) is 0.174. The maximum absolute atomic E-state index is 10.3. The van der Waals surface area contributed by atoms with Gasteiger partial charge in [-0.05, 0) is 4.92 Å². The lowest BCUT2D eigenvalue weighted by Gasteiger charge is -1.98. The molecule has 0 radical (unpaired) electrons. The zero-order valence-electron chi connectivity index (χ0n) is 6.38. The lowest BCUT2D eigenvalue weighted by Crippen LogP contribution is -2.04. The van der Waals surface area contributed by atoms with E-state index in [9.17, 15) is 10.1 Å². The predicted molar refractivity (Wildman–Crippen MR) is 40.6 cm³/mol. The summed E-state index contributed by atoms with van der Waals surface area (Å²) in [4.78, 5) is 13.3. The molecule has 0 aliphatic carbocycles. The standard InChI is InChI=1S/C6H9N3O3/c10-5-1-3-8-4-2-7-6(8)9(11)12/h2,4,10H,1,3,5H2. The molecule has 6 nitrogen and oxygen atoms in total. The highest BCUT2D eigenvalue weighted by atomic mass is 16.6. The lowest BCUT2D eigenvalue weighted by molar-refractivity contribution is -0.396. The van der Waals surface area contributed by atoms with E-state index in [2.05, 4.69) is 4.98 Å². The first-order valence-corrected chi connectivity index (χ1v) is 3.52. The van der Waals surface area contributed by atoms with Gasteiger partial charge in [-0.15, -0.1) is 0 Å². The molecule has 0 saturated heterocycles. The fraction of sp³-hybridized carbons (Fsp3) is 0.500. The zero-order chi connectivity index (χ0) is 8.97. The summed E-state index contributed by atoms with van der Waals surface area (Å²) in [6, 6.07) is 0. The fourth-order valence-corrected chi connectivity index (χ4v) is 0.889. The average Bonchev–Trinajstić information content (AvgIpc) is 2.48. The van der Waals surface area contributed by atoms with Crippen LogP contribution in [0.2, 0.25) is 0 Å². The Morgan fingerprint density at radius 2 is 2.50 bits per heavy atom. The molecule has 0 aromatic carbocycles. The number of hydrogen-bond donors (Lipinski definition) is 1. The molecular formula is C6H9N3O3. The van der Waals surface area contributed by atoms with Crippen LogP contribution in [0, 0.1) is 10.1 Å². The molecule has 0 saturated carbocycles. The smallest absolute Gasteiger partial charge is 0.396 e. The molecule has 0 atom stereocenters. The number of rotatable bonds is 4. The van der Waals surface area contributed by atoms with Crippen LogP contribution in [-0.2, 0) is 6.54 Å². The molecule has 66 valence electrons. The second kappa shape index (κ2) is 3.82. The van der Waals surface area contributed by atoms with Gasteiger partial charge in [0.2, 0.25) is 0 Å². The third kappa shape index (κ3) is 1.79. The normalized spacial score (nSPS) is 10.1. The molecule has 1 aromatic heterocycles.